The molecular formula is C5H5BClNO3. The highest BCUT2D eigenvalue weighted by Crippen LogP contribution is 2.21. The van der Waals surface area contributed by atoms with Crippen LogP contribution in [0.1, 0.15) is 0 Å². The van der Waals surface area contributed by atoms with Crippen molar-refractivity contribution in [2.24, 2.45) is 0 Å². The van der Waals surface area contributed by atoms with Crippen molar-refractivity contribution in [3.05, 3.63) is 23.5 Å². The third-order valence-electron chi connectivity index (χ3n) is 0.968. The number of rotatable bonds is 2. The SMILES string of the molecule is OB(O)Oc1ccncc1Cl. The molecule has 1 aromatic rings. The van der Waals surface area contributed by atoms with Crippen LogP contribution in [0.2, 0.25) is 5.02 Å². The lowest BCUT2D eigenvalue weighted by molar-refractivity contribution is 0.288. The first kappa shape index (κ1) is 8.32. The van der Waals surface area contributed by atoms with Gasteiger partial charge < -0.3 is 14.7 Å². The molecule has 4 nitrogen and oxygen atoms in total. The Morgan fingerprint density at radius 2 is 2.27 bits per heavy atom. The van der Waals surface area contributed by atoms with Crippen molar-refractivity contribution >= 4 is 18.9 Å². The molecule has 0 radical (unpaired) electrons. The minimum atomic E-state index is -1.85. The minimum absolute atomic E-state index is 0.191. The fraction of sp³-hybridized carbons (Fsp3) is 0. The molecule has 0 atom stereocenters. The average molecular weight is 173 g/mol. The number of pyridine rings is 1. The Kier molecular flexibility index (Phi) is 2.70. The number of aromatic nitrogens is 1. The van der Waals surface area contributed by atoms with Gasteiger partial charge in [0.25, 0.3) is 0 Å². The highest BCUT2D eigenvalue weighted by molar-refractivity contribution is 6.36. The van der Waals surface area contributed by atoms with Crippen LogP contribution in [-0.4, -0.2) is 22.4 Å². The van der Waals surface area contributed by atoms with Gasteiger partial charge in [-0.1, -0.05) is 11.6 Å². The van der Waals surface area contributed by atoms with Crippen molar-refractivity contribution < 1.29 is 14.7 Å². The molecule has 0 aliphatic carbocycles. The van der Waals surface area contributed by atoms with E-state index in [0.29, 0.717) is 0 Å². The van der Waals surface area contributed by atoms with Crippen LogP contribution in [0.5, 0.6) is 5.75 Å². The molecule has 0 amide bonds. The fourth-order valence-corrected chi connectivity index (χ4v) is 0.735. The van der Waals surface area contributed by atoms with Crippen LogP contribution in [0.3, 0.4) is 0 Å². The van der Waals surface area contributed by atoms with Crippen LogP contribution >= 0.6 is 11.6 Å². The van der Waals surface area contributed by atoms with Crippen molar-refractivity contribution in [3.8, 4) is 5.75 Å². The summed E-state index contributed by atoms with van der Waals surface area (Å²) >= 11 is 5.56. The first-order chi connectivity index (χ1) is 5.20. The Balaban J connectivity index is 2.78. The normalized spacial score (nSPS) is 9.36. The summed E-state index contributed by atoms with van der Waals surface area (Å²) in [5, 5.41) is 17.0. The van der Waals surface area contributed by atoms with Crippen LogP contribution < -0.4 is 4.65 Å². The minimum Gasteiger partial charge on any atom is -0.511 e. The van der Waals surface area contributed by atoms with Gasteiger partial charge in [-0.05, 0) is 6.07 Å². The van der Waals surface area contributed by atoms with Crippen molar-refractivity contribution in [3.63, 3.8) is 0 Å². The number of halogens is 1. The van der Waals surface area contributed by atoms with Gasteiger partial charge in [-0.15, -0.1) is 0 Å². The molecule has 1 aromatic heterocycles. The van der Waals surface area contributed by atoms with Gasteiger partial charge in [-0.3, -0.25) is 4.98 Å². The van der Waals surface area contributed by atoms with E-state index >= 15 is 0 Å². The van der Waals surface area contributed by atoms with E-state index < -0.39 is 7.32 Å². The van der Waals surface area contributed by atoms with Crippen molar-refractivity contribution in [1.82, 2.24) is 4.98 Å². The summed E-state index contributed by atoms with van der Waals surface area (Å²) in [4.78, 5) is 3.68. The van der Waals surface area contributed by atoms with Crippen LogP contribution in [0.15, 0.2) is 18.5 Å². The molecule has 0 saturated heterocycles. The van der Waals surface area contributed by atoms with Crippen LogP contribution in [0, 0.1) is 0 Å². The zero-order valence-corrected chi connectivity index (χ0v) is 6.19. The van der Waals surface area contributed by atoms with Gasteiger partial charge >= 0.3 is 7.32 Å². The summed E-state index contributed by atoms with van der Waals surface area (Å²) in [6.45, 7) is 0. The van der Waals surface area contributed by atoms with E-state index in [0.717, 1.165) is 0 Å². The molecule has 0 spiro atoms. The van der Waals surface area contributed by atoms with Gasteiger partial charge in [0.2, 0.25) is 0 Å². The predicted molar refractivity (Wildman–Crippen MR) is 40.1 cm³/mol. The zero-order chi connectivity index (χ0) is 8.27. The molecule has 0 saturated carbocycles. The van der Waals surface area contributed by atoms with Gasteiger partial charge in [-0.2, -0.15) is 0 Å². The van der Waals surface area contributed by atoms with E-state index in [2.05, 4.69) is 9.64 Å². The second kappa shape index (κ2) is 3.57. The summed E-state index contributed by atoms with van der Waals surface area (Å²) < 4.78 is 4.48. The van der Waals surface area contributed by atoms with Gasteiger partial charge in [0, 0.05) is 12.4 Å². The van der Waals surface area contributed by atoms with E-state index in [1.807, 2.05) is 0 Å². The second-order valence-corrected chi connectivity index (χ2v) is 2.16. The highest BCUT2D eigenvalue weighted by Gasteiger charge is 2.12. The topological polar surface area (TPSA) is 62.6 Å². The van der Waals surface area contributed by atoms with Crippen molar-refractivity contribution in [2.45, 2.75) is 0 Å². The van der Waals surface area contributed by atoms with E-state index in [4.69, 9.17) is 21.6 Å². The summed E-state index contributed by atoms with van der Waals surface area (Å²) in [6.07, 6.45) is 2.78. The first-order valence-electron chi connectivity index (χ1n) is 2.82. The Labute approximate surface area is 68.6 Å². The molecule has 58 valence electrons. The largest absolute Gasteiger partial charge is 0.707 e. The summed E-state index contributed by atoms with van der Waals surface area (Å²) in [6, 6.07) is 1.43. The third-order valence-corrected chi connectivity index (χ3v) is 1.25. The van der Waals surface area contributed by atoms with Gasteiger partial charge in [-0.25, -0.2) is 0 Å². The lowest BCUT2D eigenvalue weighted by Gasteiger charge is -2.04. The molecule has 0 unspecified atom stereocenters. The maximum atomic E-state index is 8.38. The molecule has 0 bridgehead atoms. The molecule has 2 N–H and O–H groups in total. The van der Waals surface area contributed by atoms with Crippen LogP contribution in [0.25, 0.3) is 0 Å². The van der Waals surface area contributed by atoms with E-state index in [1.165, 1.54) is 18.5 Å². The standard InChI is InChI=1S/C5H5BClNO3/c7-4-3-8-2-1-5(4)11-6(9)10/h1-3,9-10H. The highest BCUT2D eigenvalue weighted by atomic mass is 35.5. The maximum absolute atomic E-state index is 8.38. The van der Waals surface area contributed by atoms with Crippen molar-refractivity contribution in [1.29, 1.82) is 0 Å². The molecule has 0 aliphatic rings. The average Bonchev–Trinajstić information content (AvgIpc) is 1.93. The van der Waals surface area contributed by atoms with Crippen molar-refractivity contribution in [2.75, 3.05) is 0 Å². The smallest absolute Gasteiger partial charge is 0.511 e. The Bertz CT molecular complexity index is 245. The number of hydrogen-bond donors (Lipinski definition) is 2. The molecule has 11 heavy (non-hydrogen) atoms. The number of nitrogens with zero attached hydrogens (tertiary/aromatic N) is 1. The molecular weight excluding hydrogens is 168 g/mol. The predicted octanol–water partition coefficient (Wildman–Crippen LogP) is 0.0833. The maximum Gasteiger partial charge on any atom is 0.707 e. The zero-order valence-electron chi connectivity index (χ0n) is 5.44. The Hall–Kier alpha value is -0.775. The number of hydrogen-bond acceptors (Lipinski definition) is 4. The lowest BCUT2D eigenvalue weighted by Crippen LogP contribution is -2.20. The molecule has 0 fully saturated rings. The quantitative estimate of drug-likeness (QED) is 0.622. The van der Waals surface area contributed by atoms with Crippen LogP contribution in [0.4, 0.5) is 0 Å². The van der Waals surface area contributed by atoms with Gasteiger partial charge in [0.1, 0.15) is 5.75 Å². The summed E-state index contributed by atoms with van der Waals surface area (Å²) in [7, 11) is -1.85. The molecule has 6 heteroatoms. The summed E-state index contributed by atoms with van der Waals surface area (Å²) in [5.74, 6) is 0.191. The van der Waals surface area contributed by atoms with Gasteiger partial charge in [0.15, 0.2) is 0 Å². The van der Waals surface area contributed by atoms with E-state index in [9.17, 15) is 0 Å². The molecule has 0 aromatic carbocycles. The lowest BCUT2D eigenvalue weighted by atomic mass is 10.2. The fourth-order valence-electron chi connectivity index (χ4n) is 0.572. The molecule has 1 heterocycles. The monoisotopic (exact) mass is 173 g/mol. The van der Waals surface area contributed by atoms with Gasteiger partial charge in [0.05, 0.1) is 5.02 Å². The second-order valence-electron chi connectivity index (χ2n) is 1.75. The van der Waals surface area contributed by atoms with E-state index in [-0.39, 0.29) is 10.8 Å². The Morgan fingerprint density at radius 3 is 2.82 bits per heavy atom. The molecule has 1 rings (SSSR count). The molecule has 0 aliphatic heterocycles. The third kappa shape index (κ3) is 2.38. The summed E-state index contributed by atoms with van der Waals surface area (Å²) in [5.41, 5.74) is 0. The first-order valence-corrected chi connectivity index (χ1v) is 3.20. The van der Waals surface area contributed by atoms with E-state index in [1.54, 1.807) is 0 Å². The Morgan fingerprint density at radius 1 is 1.55 bits per heavy atom. The van der Waals surface area contributed by atoms with Crippen LogP contribution in [-0.2, 0) is 0 Å².